The fourth-order valence-corrected chi connectivity index (χ4v) is 3.28. The van der Waals surface area contributed by atoms with Crippen molar-refractivity contribution < 1.29 is 9.59 Å². The van der Waals surface area contributed by atoms with Crippen molar-refractivity contribution in [2.75, 3.05) is 31.5 Å². The van der Waals surface area contributed by atoms with Crippen molar-refractivity contribution in [2.24, 2.45) is 0 Å². The molecule has 0 aliphatic heterocycles. The SMILES string of the molecule is CCCCN(CC)C(=O)CCN(CC(=O)Nc1cc(C)ccc1C)C1CC1. The van der Waals surface area contributed by atoms with Gasteiger partial charge in [0.25, 0.3) is 0 Å². The number of carbonyl (C=O) groups excluding carboxylic acids is 2. The molecule has 0 atom stereocenters. The van der Waals surface area contributed by atoms with E-state index in [2.05, 4.69) is 17.1 Å². The zero-order chi connectivity index (χ0) is 19.8. The summed E-state index contributed by atoms with van der Waals surface area (Å²) in [5.41, 5.74) is 3.08. The Morgan fingerprint density at radius 1 is 1.15 bits per heavy atom. The van der Waals surface area contributed by atoms with Gasteiger partial charge < -0.3 is 10.2 Å². The van der Waals surface area contributed by atoms with Crippen LogP contribution in [0, 0.1) is 13.8 Å². The van der Waals surface area contributed by atoms with Gasteiger partial charge in [0, 0.05) is 37.8 Å². The number of benzene rings is 1. The maximum Gasteiger partial charge on any atom is 0.238 e. The van der Waals surface area contributed by atoms with Crippen LogP contribution in [0.15, 0.2) is 18.2 Å². The Hall–Kier alpha value is -1.88. The molecule has 1 aromatic carbocycles. The lowest BCUT2D eigenvalue weighted by Gasteiger charge is -2.25. The normalized spacial score (nSPS) is 13.7. The molecule has 2 amide bonds. The number of unbranched alkanes of at least 4 members (excludes halogenated alkanes) is 1. The Balaban J connectivity index is 1.87. The van der Waals surface area contributed by atoms with Gasteiger partial charge in [-0.25, -0.2) is 0 Å². The molecule has 1 aromatic rings. The van der Waals surface area contributed by atoms with Crippen LogP contribution in [-0.2, 0) is 9.59 Å². The molecule has 27 heavy (non-hydrogen) atoms. The van der Waals surface area contributed by atoms with Gasteiger partial charge >= 0.3 is 0 Å². The molecule has 5 heteroatoms. The molecule has 1 saturated carbocycles. The van der Waals surface area contributed by atoms with Gasteiger partial charge in [-0.1, -0.05) is 25.5 Å². The summed E-state index contributed by atoms with van der Waals surface area (Å²) < 4.78 is 0. The van der Waals surface area contributed by atoms with Crippen molar-refractivity contribution in [2.45, 2.75) is 65.8 Å². The third-order valence-electron chi connectivity index (χ3n) is 5.21. The van der Waals surface area contributed by atoms with Crippen molar-refractivity contribution in [3.8, 4) is 0 Å². The smallest absolute Gasteiger partial charge is 0.238 e. The number of carbonyl (C=O) groups is 2. The molecule has 0 saturated heterocycles. The fourth-order valence-electron chi connectivity index (χ4n) is 3.28. The molecule has 0 heterocycles. The zero-order valence-electron chi connectivity index (χ0n) is 17.4. The highest BCUT2D eigenvalue weighted by atomic mass is 16.2. The molecule has 1 N–H and O–H groups in total. The van der Waals surface area contributed by atoms with Crippen molar-refractivity contribution in [3.05, 3.63) is 29.3 Å². The van der Waals surface area contributed by atoms with E-state index in [0.29, 0.717) is 25.6 Å². The molecule has 150 valence electrons. The Labute approximate surface area is 164 Å². The van der Waals surface area contributed by atoms with E-state index in [1.807, 2.05) is 43.9 Å². The predicted molar refractivity (Wildman–Crippen MR) is 111 cm³/mol. The highest BCUT2D eigenvalue weighted by Crippen LogP contribution is 2.27. The summed E-state index contributed by atoms with van der Waals surface area (Å²) in [6, 6.07) is 6.53. The standard InChI is InChI=1S/C22H35N3O2/c1-5-7-13-24(6-2)22(27)12-14-25(19-10-11-19)16-21(26)23-20-15-17(3)8-9-18(20)4/h8-9,15,19H,5-7,10-14,16H2,1-4H3,(H,23,26). The van der Waals surface area contributed by atoms with E-state index < -0.39 is 0 Å². The second kappa shape index (κ2) is 10.5. The number of nitrogens with zero attached hydrogens (tertiary/aromatic N) is 2. The maximum atomic E-state index is 12.5. The molecular formula is C22H35N3O2. The van der Waals surface area contributed by atoms with E-state index in [9.17, 15) is 9.59 Å². The van der Waals surface area contributed by atoms with Crippen LogP contribution in [0.2, 0.25) is 0 Å². The first-order chi connectivity index (χ1) is 12.9. The van der Waals surface area contributed by atoms with Crippen LogP contribution >= 0.6 is 0 Å². The van der Waals surface area contributed by atoms with Crippen LogP contribution in [0.4, 0.5) is 5.69 Å². The zero-order valence-corrected chi connectivity index (χ0v) is 17.4. The first-order valence-electron chi connectivity index (χ1n) is 10.3. The van der Waals surface area contributed by atoms with Gasteiger partial charge in [0.05, 0.1) is 6.54 Å². The number of rotatable bonds is 11. The predicted octanol–water partition coefficient (Wildman–Crippen LogP) is 3.75. The molecule has 0 spiro atoms. The molecule has 2 rings (SSSR count). The summed E-state index contributed by atoms with van der Waals surface area (Å²) in [5.74, 6) is 0.202. The van der Waals surface area contributed by atoms with Crippen molar-refractivity contribution in [1.82, 2.24) is 9.80 Å². The number of hydrogen-bond donors (Lipinski definition) is 1. The van der Waals surface area contributed by atoms with Gasteiger partial charge in [0.1, 0.15) is 0 Å². The molecule has 0 unspecified atom stereocenters. The Morgan fingerprint density at radius 2 is 1.89 bits per heavy atom. The topological polar surface area (TPSA) is 52.7 Å². The molecule has 0 radical (unpaired) electrons. The van der Waals surface area contributed by atoms with Gasteiger partial charge in [-0.2, -0.15) is 0 Å². The number of nitrogens with one attached hydrogen (secondary N) is 1. The van der Waals surface area contributed by atoms with Crippen LogP contribution in [0.3, 0.4) is 0 Å². The lowest BCUT2D eigenvalue weighted by Crippen LogP contribution is -2.39. The molecule has 0 aromatic heterocycles. The van der Waals surface area contributed by atoms with E-state index in [0.717, 1.165) is 55.6 Å². The van der Waals surface area contributed by atoms with Crippen molar-refractivity contribution in [3.63, 3.8) is 0 Å². The quantitative estimate of drug-likeness (QED) is 0.643. The summed E-state index contributed by atoms with van der Waals surface area (Å²) in [5, 5.41) is 3.04. The van der Waals surface area contributed by atoms with Crippen LogP contribution < -0.4 is 5.32 Å². The summed E-state index contributed by atoms with van der Waals surface area (Å²) in [6.45, 7) is 10.8. The first kappa shape index (κ1) is 21.4. The lowest BCUT2D eigenvalue weighted by molar-refractivity contribution is -0.131. The minimum absolute atomic E-state index is 0.00128. The lowest BCUT2D eigenvalue weighted by atomic mass is 10.1. The highest BCUT2D eigenvalue weighted by Gasteiger charge is 2.30. The third-order valence-corrected chi connectivity index (χ3v) is 5.21. The van der Waals surface area contributed by atoms with Crippen LogP contribution in [0.1, 0.15) is 57.1 Å². The van der Waals surface area contributed by atoms with E-state index in [-0.39, 0.29) is 11.8 Å². The van der Waals surface area contributed by atoms with Gasteiger partial charge in [0.15, 0.2) is 0 Å². The highest BCUT2D eigenvalue weighted by molar-refractivity contribution is 5.93. The third kappa shape index (κ3) is 6.98. The van der Waals surface area contributed by atoms with Crippen molar-refractivity contribution >= 4 is 17.5 Å². The van der Waals surface area contributed by atoms with Crippen LogP contribution in [0.5, 0.6) is 0 Å². The summed E-state index contributed by atoms with van der Waals surface area (Å²) in [6.07, 6.45) is 4.88. The number of aryl methyl sites for hydroxylation is 2. The summed E-state index contributed by atoms with van der Waals surface area (Å²) in [4.78, 5) is 29.1. The number of anilines is 1. The summed E-state index contributed by atoms with van der Waals surface area (Å²) >= 11 is 0. The Bertz CT molecular complexity index is 640. The average Bonchev–Trinajstić information content (AvgIpc) is 3.47. The van der Waals surface area contributed by atoms with Gasteiger partial charge in [-0.3, -0.25) is 14.5 Å². The fraction of sp³-hybridized carbons (Fsp3) is 0.636. The molecule has 5 nitrogen and oxygen atoms in total. The monoisotopic (exact) mass is 373 g/mol. The Kier molecular flexibility index (Phi) is 8.29. The molecule has 0 bridgehead atoms. The molecule has 1 fully saturated rings. The van der Waals surface area contributed by atoms with Crippen LogP contribution in [-0.4, -0.2) is 53.8 Å². The second-order valence-corrected chi connectivity index (χ2v) is 7.65. The van der Waals surface area contributed by atoms with E-state index >= 15 is 0 Å². The molecule has 1 aliphatic rings. The molecule has 1 aliphatic carbocycles. The van der Waals surface area contributed by atoms with Crippen LogP contribution in [0.25, 0.3) is 0 Å². The van der Waals surface area contributed by atoms with Crippen molar-refractivity contribution in [1.29, 1.82) is 0 Å². The second-order valence-electron chi connectivity index (χ2n) is 7.65. The molecular weight excluding hydrogens is 338 g/mol. The minimum Gasteiger partial charge on any atom is -0.343 e. The largest absolute Gasteiger partial charge is 0.343 e. The van der Waals surface area contributed by atoms with Gasteiger partial charge in [0.2, 0.25) is 11.8 Å². The number of hydrogen-bond acceptors (Lipinski definition) is 3. The average molecular weight is 374 g/mol. The maximum absolute atomic E-state index is 12.5. The Morgan fingerprint density at radius 3 is 2.52 bits per heavy atom. The van der Waals surface area contributed by atoms with E-state index in [4.69, 9.17) is 0 Å². The number of amides is 2. The van der Waals surface area contributed by atoms with Gasteiger partial charge in [-0.05, 0) is 57.2 Å². The summed E-state index contributed by atoms with van der Waals surface area (Å²) in [7, 11) is 0. The first-order valence-corrected chi connectivity index (χ1v) is 10.3. The van der Waals surface area contributed by atoms with E-state index in [1.54, 1.807) is 0 Å². The van der Waals surface area contributed by atoms with Gasteiger partial charge in [-0.15, -0.1) is 0 Å². The minimum atomic E-state index is 0.00128. The van der Waals surface area contributed by atoms with E-state index in [1.165, 1.54) is 0 Å².